The summed E-state index contributed by atoms with van der Waals surface area (Å²) in [6, 6.07) is 2.68. The number of amides is 1. The van der Waals surface area contributed by atoms with Gasteiger partial charge in [-0.1, -0.05) is 0 Å². The lowest BCUT2D eigenvalue weighted by atomic mass is 9.99. The van der Waals surface area contributed by atoms with Crippen LogP contribution in [0.1, 0.15) is 36.2 Å². The fourth-order valence-electron chi connectivity index (χ4n) is 4.57. The lowest BCUT2D eigenvalue weighted by Gasteiger charge is -2.43. The topological polar surface area (TPSA) is 106 Å². The third kappa shape index (κ3) is 3.41. The van der Waals surface area contributed by atoms with E-state index in [1.54, 1.807) is 24.0 Å². The van der Waals surface area contributed by atoms with Crippen LogP contribution in [0.3, 0.4) is 0 Å². The Morgan fingerprint density at radius 3 is 2.79 bits per heavy atom. The minimum Gasteiger partial charge on any atom is -0.496 e. The highest BCUT2D eigenvalue weighted by molar-refractivity contribution is 5.74. The van der Waals surface area contributed by atoms with E-state index in [9.17, 15) is 18.7 Å². The van der Waals surface area contributed by atoms with Gasteiger partial charge in [0, 0.05) is 24.1 Å². The summed E-state index contributed by atoms with van der Waals surface area (Å²) in [4.78, 5) is 22.2. The summed E-state index contributed by atoms with van der Waals surface area (Å²) in [5, 5.41) is 12.6. The minimum atomic E-state index is -3.05. The Hall–Kier alpha value is -3.21. The summed E-state index contributed by atoms with van der Waals surface area (Å²) in [5.41, 5.74) is 1.69. The fraction of sp³-hybridized carbons (Fsp3) is 0.500. The smallest absolute Gasteiger partial charge is 0.407 e. The van der Waals surface area contributed by atoms with E-state index in [-0.39, 0.29) is 43.7 Å². The number of methoxy groups -OCH3 is 2. The molecule has 1 aliphatic carbocycles. The second kappa shape index (κ2) is 7.68. The van der Waals surface area contributed by atoms with Gasteiger partial charge in [0.15, 0.2) is 0 Å². The van der Waals surface area contributed by atoms with Gasteiger partial charge < -0.3 is 29.5 Å². The van der Waals surface area contributed by atoms with E-state index in [2.05, 4.69) is 20.0 Å². The van der Waals surface area contributed by atoms with Crippen molar-refractivity contribution in [3.8, 4) is 22.8 Å². The fourth-order valence-corrected chi connectivity index (χ4v) is 4.57. The molecule has 2 N–H and O–H groups in total. The number of β-amino-alcohol motifs (C(OH)–C–C–N with tert-alkyl or cyclic N) is 1. The number of alkyl carbamates (subject to hydrolysis) is 1. The molecule has 9 nitrogen and oxygen atoms in total. The number of fused-ring (bicyclic) bond motifs is 2. The first-order valence-electron chi connectivity index (χ1n) is 10.7. The predicted molar refractivity (Wildman–Crippen MR) is 113 cm³/mol. The number of carbonyl (C=O) groups excluding carboxylic acids is 1. The first-order valence-corrected chi connectivity index (χ1v) is 10.7. The van der Waals surface area contributed by atoms with Crippen LogP contribution in [0.15, 0.2) is 12.1 Å². The van der Waals surface area contributed by atoms with Crippen molar-refractivity contribution in [3.63, 3.8) is 0 Å². The summed E-state index contributed by atoms with van der Waals surface area (Å²) in [5.74, 6) is -1.99. The first-order chi connectivity index (χ1) is 15.7. The molecule has 1 aromatic heterocycles. The number of nitrogens with one attached hydrogen (secondary N) is 1. The van der Waals surface area contributed by atoms with Crippen molar-refractivity contribution in [3.05, 3.63) is 29.0 Å². The van der Waals surface area contributed by atoms with Crippen LogP contribution >= 0.6 is 0 Å². The van der Waals surface area contributed by atoms with Crippen molar-refractivity contribution in [2.45, 2.75) is 43.9 Å². The zero-order chi connectivity index (χ0) is 23.5. The van der Waals surface area contributed by atoms with Gasteiger partial charge in [-0.25, -0.2) is 14.8 Å². The van der Waals surface area contributed by atoms with E-state index < -0.39 is 24.2 Å². The Balaban J connectivity index is 1.61. The molecule has 0 unspecified atom stereocenters. The molecule has 33 heavy (non-hydrogen) atoms. The molecule has 1 fully saturated rings. The highest BCUT2D eigenvalue weighted by atomic mass is 19.3. The maximum atomic E-state index is 14.7. The monoisotopic (exact) mass is 462 g/mol. The average molecular weight is 462 g/mol. The number of nitrogens with zero attached hydrogens (tertiary/aromatic N) is 3. The molecule has 5 rings (SSSR count). The zero-order valence-electron chi connectivity index (χ0n) is 18.4. The zero-order valence-corrected chi connectivity index (χ0v) is 18.4. The maximum absolute atomic E-state index is 14.7. The normalized spacial score (nSPS) is 24.4. The van der Waals surface area contributed by atoms with Crippen LogP contribution in [0, 0.1) is 0 Å². The van der Waals surface area contributed by atoms with Gasteiger partial charge in [-0.3, -0.25) is 0 Å². The number of hydrogen-bond acceptors (Lipinski definition) is 8. The lowest BCUT2D eigenvalue weighted by Crippen LogP contribution is -2.59. The van der Waals surface area contributed by atoms with Crippen molar-refractivity contribution in [1.29, 1.82) is 0 Å². The number of rotatable bonds is 4. The lowest BCUT2D eigenvalue weighted by molar-refractivity contribution is -0.00603. The van der Waals surface area contributed by atoms with Gasteiger partial charge in [0.05, 0.1) is 43.7 Å². The van der Waals surface area contributed by atoms with Crippen LogP contribution in [0.2, 0.25) is 0 Å². The van der Waals surface area contributed by atoms with Gasteiger partial charge in [-0.05, 0) is 25.5 Å². The molecule has 2 aliphatic heterocycles. The van der Waals surface area contributed by atoms with E-state index in [1.165, 1.54) is 14.2 Å². The summed E-state index contributed by atoms with van der Waals surface area (Å²) >= 11 is 0. The van der Waals surface area contributed by atoms with Gasteiger partial charge in [0.2, 0.25) is 5.95 Å². The van der Waals surface area contributed by atoms with Crippen molar-refractivity contribution in [2.24, 2.45) is 0 Å². The van der Waals surface area contributed by atoms with E-state index in [0.717, 1.165) is 0 Å². The van der Waals surface area contributed by atoms with Gasteiger partial charge >= 0.3 is 6.09 Å². The molecule has 11 heteroatoms. The van der Waals surface area contributed by atoms with Crippen LogP contribution in [0.5, 0.6) is 11.5 Å². The molecule has 3 heterocycles. The van der Waals surface area contributed by atoms with E-state index in [1.807, 2.05) is 0 Å². The minimum absolute atomic E-state index is 0.142. The molecule has 3 aliphatic rings. The maximum Gasteiger partial charge on any atom is 0.407 e. The molecular weight excluding hydrogens is 438 g/mol. The molecule has 2 aromatic rings. The number of anilines is 1. The molecule has 0 spiro atoms. The van der Waals surface area contributed by atoms with Crippen LogP contribution in [0.25, 0.3) is 11.3 Å². The second-order valence-electron chi connectivity index (χ2n) is 8.45. The number of halogens is 2. The van der Waals surface area contributed by atoms with Gasteiger partial charge in [0.25, 0.3) is 5.92 Å². The number of aliphatic hydroxyl groups excluding tert-OH is 1. The Kier molecular flexibility index (Phi) is 5.04. The number of alkyl halides is 2. The van der Waals surface area contributed by atoms with Crippen molar-refractivity contribution < 1.29 is 32.9 Å². The van der Waals surface area contributed by atoms with Crippen molar-refractivity contribution in [1.82, 2.24) is 15.3 Å². The Labute approximate surface area is 188 Å². The number of aromatic nitrogens is 2. The molecular formula is C22H24F2N4O5. The molecule has 1 amide bonds. The number of carbonyl (C=O) groups is 1. The SMILES string of the molecule is COC(=O)N[C@H]1COc2cc(-c3nc(N4C[C@@H](O)[C@@H]4C)nc4c3CCC4(F)F)cc(OC)c21. The van der Waals surface area contributed by atoms with Crippen molar-refractivity contribution >= 4 is 12.0 Å². The van der Waals surface area contributed by atoms with Crippen LogP contribution in [-0.4, -0.2) is 60.7 Å². The Bertz CT molecular complexity index is 1130. The molecule has 1 saturated heterocycles. The number of benzene rings is 1. The van der Waals surface area contributed by atoms with E-state index in [0.29, 0.717) is 33.9 Å². The Morgan fingerprint density at radius 1 is 1.33 bits per heavy atom. The second-order valence-corrected chi connectivity index (χ2v) is 8.45. The van der Waals surface area contributed by atoms with E-state index in [4.69, 9.17) is 9.47 Å². The molecule has 0 radical (unpaired) electrons. The molecule has 1 aromatic carbocycles. The van der Waals surface area contributed by atoms with Gasteiger partial charge in [0.1, 0.15) is 23.8 Å². The van der Waals surface area contributed by atoms with Crippen LogP contribution in [0.4, 0.5) is 19.5 Å². The third-order valence-corrected chi connectivity index (χ3v) is 6.55. The quantitative estimate of drug-likeness (QED) is 0.714. The molecule has 176 valence electrons. The predicted octanol–water partition coefficient (Wildman–Crippen LogP) is 2.55. The summed E-state index contributed by atoms with van der Waals surface area (Å²) in [7, 11) is 2.76. The summed E-state index contributed by atoms with van der Waals surface area (Å²) < 4.78 is 45.4. The number of hydrogen-bond donors (Lipinski definition) is 2. The Morgan fingerprint density at radius 2 is 2.12 bits per heavy atom. The largest absolute Gasteiger partial charge is 0.496 e. The van der Waals surface area contributed by atoms with Crippen LogP contribution in [-0.2, 0) is 17.1 Å². The molecule has 3 atom stereocenters. The van der Waals surface area contributed by atoms with E-state index >= 15 is 0 Å². The van der Waals surface area contributed by atoms with Crippen molar-refractivity contribution in [2.75, 3.05) is 32.3 Å². The highest BCUT2D eigenvalue weighted by Crippen LogP contribution is 2.48. The summed E-state index contributed by atoms with van der Waals surface area (Å²) in [6.07, 6.45) is -1.36. The number of ether oxygens (including phenoxy) is 3. The standard InChI is InChI=1S/C22H24F2N4O5/c1-10-14(29)8-28(10)20-26-18(12-4-5-22(23,24)19(12)27-20)11-6-15(31-2)17-13(25-21(30)32-3)9-33-16(17)7-11/h6-7,10,13-14,29H,4-5,8-9H2,1-3H3,(H,25,30)/t10-,13-,14+/m0/s1. The summed E-state index contributed by atoms with van der Waals surface area (Å²) in [6.45, 7) is 2.25. The first kappa shape index (κ1) is 21.6. The molecule has 0 bridgehead atoms. The number of aliphatic hydroxyl groups is 1. The van der Waals surface area contributed by atoms with Gasteiger partial charge in [-0.2, -0.15) is 8.78 Å². The third-order valence-electron chi connectivity index (χ3n) is 6.55. The van der Waals surface area contributed by atoms with Gasteiger partial charge in [-0.15, -0.1) is 0 Å². The van der Waals surface area contributed by atoms with Crippen LogP contribution < -0.4 is 19.7 Å². The molecule has 0 saturated carbocycles. The average Bonchev–Trinajstić information content (AvgIpc) is 3.35. The highest BCUT2D eigenvalue weighted by Gasteiger charge is 2.45.